The van der Waals surface area contributed by atoms with E-state index in [0.29, 0.717) is 19.1 Å². The normalized spacial score (nSPS) is 21.9. The molecule has 0 aromatic rings. The monoisotopic (exact) mass is 292 g/mol. The molecule has 0 saturated carbocycles. The fourth-order valence-electron chi connectivity index (χ4n) is 2.18. The van der Waals surface area contributed by atoms with Gasteiger partial charge in [0, 0.05) is 26.5 Å². The third-order valence-electron chi connectivity index (χ3n) is 3.28. The molecule has 0 bridgehead atoms. The van der Waals surface area contributed by atoms with Crippen LogP contribution in [0.25, 0.3) is 0 Å². The summed E-state index contributed by atoms with van der Waals surface area (Å²) in [5.74, 6) is 0.0966. The van der Waals surface area contributed by atoms with Crippen molar-refractivity contribution in [2.24, 2.45) is 11.7 Å². The topological polar surface area (TPSA) is 89.7 Å². The Bertz CT molecular complexity index is 391. The van der Waals surface area contributed by atoms with Crippen LogP contribution in [0, 0.1) is 5.92 Å². The molecule has 1 saturated heterocycles. The Labute approximate surface area is 115 Å². The summed E-state index contributed by atoms with van der Waals surface area (Å²) in [5, 5.41) is 0. The molecule has 0 radical (unpaired) electrons. The van der Waals surface area contributed by atoms with Crippen molar-refractivity contribution in [3.8, 4) is 0 Å². The SMILES string of the molecule is CN(CC1CCCOC1)C(=O)C(N)CCS(C)(=O)=O. The number of nitrogens with two attached hydrogens (primary N) is 1. The fourth-order valence-corrected chi connectivity index (χ4v) is 2.86. The van der Waals surface area contributed by atoms with Gasteiger partial charge in [0.05, 0.1) is 18.4 Å². The van der Waals surface area contributed by atoms with Gasteiger partial charge in [-0.05, 0) is 25.2 Å². The number of carbonyl (C=O) groups excluding carboxylic acids is 1. The lowest BCUT2D eigenvalue weighted by Crippen LogP contribution is -2.45. The molecular weight excluding hydrogens is 268 g/mol. The Hall–Kier alpha value is -0.660. The predicted octanol–water partition coefficient (Wildman–Crippen LogP) is -0.367. The molecule has 0 spiro atoms. The summed E-state index contributed by atoms with van der Waals surface area (Å²) < 4.78 is 27.5. The third-order valence-corrected chi connectivity index (χ3v) is 4.26. The van der Waals surface area contributed by atoms with Crippen LogP contribution in [-0.4, -0.2) is 64.1 Å². The lowest BCUT2D eigenvalue weighted by atomic mass is 10.0. The van der Waals surface area contributed by atoms with Gasteiger partial charge in [0.15, 0.2) is 0 Å². The van der Waals surface area contributed by atoms with E-state index in [9.17, 15) is 13.2 Å². The number of likely N-dealkylation sites (N-methyl/N-ethyl adjacent to an activating group) is 1. The Morgan fingerprint density at radius 1 is 1.53 bits per heavy atom. The molecule has 2 unspecified atom stereocenters. The van der Waals surface area contributed by atoms with Gasteiger partial charge in [0.25, 0.3) is 0 Å². The smallest absolute Gasteiger partial charge is 0.239 e. The molecule has 6 nitrogen and oxygen atoms in total. The quantitative estimate of drug-likeness (QED) is 0.721. The van der Waals surface area contributed by atoms with E-state index in [1.165, 1.54) is 0 Å². The van der Waals surface area contributed by atoms with Gasteiger partial charge in [-0.15, -0.1) is 0 Å². The number of sulfone groups is 1. The maximum atomic E-state index is 12.0. The van der Waals surface area contributed by atoms with E-state index in [-0.39, 0.29) is 18.1 Å². The standard InChI is InChI=1S/C12H24N2O4S/c1-14(8-10-4-3-6-18-9-10)12(15)11(13)5-7-19(2,16)17/h10-11H,3-9,13H2,1-2H3. The van der Waals surface area contributed by atoms with Gasteiger partial charge in [0.1, 0.15) is 9.84 Å². The molecule has 7 heteroatoms. The number of rotatable bonds is 6. The van der Waals surface area contributed by atoms with E-state index in [1.807, 2.05) is 0 Å². The Balaban J connectivity index is 2.37. The van der Waals surface area contributed by atoms with Gasteiger partial charge in [0.2, 0.25) is 5.91 Å². The molecule has 2 N–H and O–H groups in total. The van der Waals surface area contributed by atoms with E-state index in [4.69, 9.17) is 10.5 Å². The zero-order valence-electron chi connectivity index (χ0n) is 11.7. The van der Waals surface area contributed by atoms with Crippen LogP contribution < -0.4 is 5.73 Å². The Morgan fingerprint density at radius 3 is 2.74 bits per heavy atom. The van der Waals surface area contributed by atoms with E-state index >= 15 is 0 Å². The van der Waals surface area contributed by atoms with Gasteiger partial charge < -0.3 is 15.4 Å². The molecule has 1 aliphatic rings. The molecule has 1 amide bonds. The molecule has 0 aromatic heterocycles. The number of hydrogen-bond acceptors (Lipinski definition) is 5. The second-order valence-corrected chi connectivity index (χ2v) is 7.59. The van der Waals surface area contributed by atoms with Crippen LogP contribution in [-0.2, 0) is 19.4 Å². The van der Waals surface area contributed by atoms with E-state index in [2.05, 4.69) is 0 Å². The summed E-state index contributed by atoms with van der Waals surface area (Å²) in [6.07, 6.45) is 3.39. The molecule has 0 aromatic carbocycles. The van der Waals surface area contributed by atoms with Crippen LogP contribution in [0.3, 0.4) is 0 Å². The summed E-state index contributed by atoms with van der Waals surface area (Å²) in [6, 6.07) is -0.746. The second-order valence-electron chi connectivity index (χ2n) is 5.33. The number of nitrogens with zero attached hydrogens (tertiary/aromatic N) is 1. The first kappa shape index (κ1) is 16.4. The van der Waals surface area contributed by atoms with Gasteiger partial charge in [-0.3, -0.25) is 4.79 Å². The van der Waals surface area contributed by atoms with Crippen molar-refractivity contribution in [1.82, 2.24) is 4.90 Å². The van der Waals surface area contributed by atoms with Crippen molar-refractivity contribution in [3.63, 3.8) is 0 Å². The minimum atomic E-state index is -3.08. The van der Waals surface area contributed by atoms with Crippen LogP contribution >= 0.6 is 0 Å². The molecule has 0 aliphatic carbocycles. The molecule has 19 heavy (non-hydrogen) atoms. The van der Waals surface area contributed by atoms with Crippen LogP contribution in [0.15, 0.2) is 0 Å². The highest BCUT2D eigenvalue weighted by Crippen LogP contribution is 2.14. The highest BCUT2D eigenvalue weighted by molar-refractivity contribution is 7.90. The van der Waals surface area contributed by atoms with Crippen LogP contribution in [0.1, 0.15) is 19.3 Å². The number of carbonyl (C=O) groups is 1. The second kappa shape index (κ2) is 7.21. The van der Waals surface area contributed by atoms with Crippen molar-refractivity contribution < 1.29 is 17.9 Å². The van der Waals surface area contributed by atoms with Crippen LogP contribution in [0.2, 0.25) is 0 Å². The van der Waals surface area contributed by atoms with Crippen molar-refractivity contribution in [3.05, 3.63) is 0 Å². The van der Waals surface area contributed by atoms with Gasteiger partial charge >= 0.3 is 0 Å². The summed E-state index contributed by atoms with van der Waals surface area (Å²) >= 11 is 0. The summed E-state index contributed by atoms with van der Waals surface area (Å²) in [4.78, 5) is 13.6. The average molecular weight is 292 g/mol. The molecule has 112 valence electrons. The highest BCUT2D eigenvalue weighted by atomic mass is 32.2. The lowest BCUT2D eigenvalue weighted by molar-refractivity contribution is -0.132. The van der Waals surface area contributed by atoms with Crippen molar-refractivity contribution in [2.75, 3.05) is 38.8 Å². The lowest BCUT2D eigenvalue weighted by Gasteiger charge is -2.28. The van der Waals surface area contributed by atoms with Crippen LogP contribution in [0.4, 0.5) is 0 Å². The maximum absolute atomic E-state index is 12.0. The Kier molecular flexibility index (Phi) is 6.22. The number of ether oxygens (including phenoxy) is 1. The first-order chi connectivity index (χ1) is 8.79. The van der Waals surface area contributed by atoms with Crippen molar-refractivity contribution in [2.45, 2.75) is 25.3 Å². The van der Waals surface area contributed by atoms with E-state index in [0.717, 1.165) is 25.7 Å². The van der Waals surface area contributed by atoms with Gasteiger partial charge in [-0.2, -0.15) is 0 Å². The van der Waals surface area contributed by atoms with Crippen molar-refractivity contribution in [1.29, 1.82) is 0 Å². The summed E-state index contributed by atoms with van der Waals surface area (Å²) in [5.41, 5.74) is 5.74. The molecule has 1 rings (SSSR count). The highest BCUT2D eigenvalue weighted by Gasteiger charge is 2.23. The molecule has 1 aliphatic heterocycles. The van der Waals surface area contributed by atoms with E-state index in [1.54, 1.807) is 11.9 Å². The molecule has 2 atom stereocenters. The molecule has 1 fully saturated rings. The minimum Gasteiger partial charge on any atom is -0.381 e. The van der Waals surface area contributed by atoms with Gasteiger partial charge in [-0.1, -0.05) is 0 Å². The first-order valence-corrected chi connectivity index (χ1v) is 8.61. The predicted molar refractivity (Wildman–Crippen MR) is 73.5 cm³/mol. The zero-order chi connectivity index (χ0) is 14.5. The molecule has 1 heterocycles. The fraction of sp³-hybridized carbons (Fsp3) is 0.917. The summed E-state index contributed by atoms with van der Waals surface area (Å²) in [7, 11) is -1.37. The minimum absolute atomic E-state index is 0.0553. The number of amides is 1. The Morgan fingerprint density at radius 2 is 2.21 bits per heavy atom. The average Bonchev–Trinajstić information content (AvgIpc) is 2.35. The van der Waals surface area contributed by atoms with Gasteiger partial charge in [-0.25, -0.2) is 8.42 Å². The third kappa shape index (κ3) is 6.35. The van der Waals surface area contributed by atoms with E-state index < -0.39 is 15.9 Å². The molecular formula is C12H24N2O4S. The zero-order valence-corrected chi connectivity index (χ0v) is 12.5. The summed E-state index contributed by atoms with van der Waals surface area (Å²) in [6.45, 7) is 2.09. The number of hydrogen-bond donors (Lipinski definition) is 1. The van der Waals surface area contributed by atoms with Crippen molar-refractivity contribution >= 4 is 15.7 Å². The van der Waals surface area contributed by atoms with Crippen LogP contribution in [0.5, 0.6) is 0 Å². The maximum Gasteiger partial charge on any atom is 0.239 e. The first-order valence-electron chi connectivity index (χ1n) is 6.55. The largest absolute Gasteiger partial charge is 0.381 e.